The Balaban J connectivity index is 1.77. The molecule has 0 saturated heterocycles. The lowest BCUT2D eigenvalue weighted by Gasteiger charge is -2.19. The lowest BCUT2D eigenvalue weighted by molar-refractivity contribution is 0.171. The van der Waals surface area contributed by atoms with Crippen LogP contribution in [0.5, 0.6) is 11.5 Å². The summed E-state index contributed by atoms with van der Waals surface area (Å²) in [7, 11) is 0. The summed E-state index contributed by atoms with van der Waals surface area (Å²) < 4.78 is 13.3. The quantitative estimate of drug-likeness (QED) is 0.549. The van der Waals surface area contributed by atoms with Gasteiger partial charge in [0.25, 0.3) is 0 Å². The first kappa shape index (κ1) is 15.0. The van der Waals surface area contributed by atoms with Gasteiger partial charge < -0.3 is 9.47 Å². The number of aryl methyl sites for hydroxylation is 1. The fraction of sp³-hybridized carbons (Fsp3) is 0.143. The molecule has 0 spiro atoms. The third kappa shape index (κ3) is 2.40. The van der Waals surface area contributed by atoms with E-state index in [9.17, 15) is 0 Å². The molecular weight excluding hydrogens is 326 g/mol. The van der Waals surface area contributed by atoms with Gasteiger partial charge in [-0.2, -0.15) is 5.10 Å². The number of ether oxygens (including phenoxy) is 2. The van der Waals surface area contributed by atoms with Gasteiger partial charge in [-0.05, 0) is 48.9 Å². The molecule has 0 unspecified atom stereocenters. The highest BCUT2D eigenvalue weighted by Gasteiger charge is 2.20. The molecule has 0 radical (unpaired) electrons. The molecule has 1 aromatic carbocycles. The number of hydrogen-bond acceptors (Lipinski definition) is 4. The largest absolute Gasteiger partial charge is 0.486 e. The molecule has 1 aliphatic rings. The van der Waals surface area contributed by atoms with Crippen molar-refractivity contribution in [2.24, 2.45) is 0 Å². The van der Waals surface area contributed by atoms with Gasteiger partial charge in [-0.1, -0.05) is 18.2 Å². The Morgan fingerprint density at radius 3 is 2.69 bits per heavy atom. The number of nitrogens with zero attached hydrogens (tertiary/aromatic N) is 3. The van der Waals surface area contributed by atoms with Crippen molar-refractivity contribution < 1.29 is 9.47 Å². The van der Waals surface area contributed by atoms with Gasteiger partial charge in [0.2, 0.25) is 0 Å². The van der Waals surface area contributed by atoms with Gasteiger partial charge in [0.1, 0.15) is 18.9 Å². The van der Waals surface area contributed by atoms with E-state index in [2.05, 4.69) is 17.1 Å². The molecule has 5 rings (SSSR count). The minimum atomic E-state index is 0.567. The van der Waals surface area contributed by atoms with E-state index in [1.165, 1.54) is 0 Å². The van der Waals surface area contributed by atoms with Crippen LogP contribution in [0.4, 0.5) is 0 Å². The summed E-state index contributed by atoms with van der Waals surface area (Å²) in [5.74, 6) is 1.55. The SMILES string of the molecule is Cc1cccc(-c2nn3ccccc3c2-c2ccc3c(c2)OCCO3)n1. The zero-order chi connectivity index (χ0) is 17.5. The van der Waals surface area contributed by atoms with Crippen LogP contribution in [0, 0.1) is 6.92 Å². The highest BCUT2D eigenvalue weighted by atomic mass is 16.6. The first-order valence-electron chi connectivity index (χ1n) is 8.61. The summed E-state index contributed by atoms with van der Waals surface area (Å²) in [5, 5.41) is 4.79. The lowest BCUT2D eigenvalue weighted by atomic mass is 10.0. The molecule has 3 aromatic heterocycles. The van der Waals surface area contributed by atoms with Gasteiger partial charge in [0, 0.05) is 17.5 Å². The van der Waals surface area contributed by atoms with Crippen LogP contribution in [-0.4, -0.2) is 27.8 Å². The number of fused-ring (bicyclic) bond motifs is 2. The van der Waals surface area contributed by atoms with E-state index in [1.807, 2.05) is 60.1 Å². The van der Waals surface area contributed by atoms with Crippen LogP contribution in [-0.2, 0) is 0 Å². The van der Waals surface area contributed by atoms with Gasteiger partial charge >= 0.3 is 0 Å². The van der Waals surface area contributed by atoms with Gasteiger partial charge in [-0.3, -0.25) is 4.98 Å². The molecule has 128 valence electrons. The van der Waals surface area contributed by atoms with Crippen LogP contribution in [0.3, 0.4) is 0 Å². The average Bonchev–Trinajstić information content (AvgIpc) is 3.07. The van der Waals surface area contributed by atoms with Crippen molar-refractivity contribution in [2.75, 3.05) is 13.2 Å². The smallest absolute Gasteiger partial charge is 0.161 e. The van der Waals surface area contributed by atoms with E-state index in [0.29, 0.717) is 13.2 Å². The van der Waals surface area contributed by atoms with E-state index in [-0.39, 0.29) is 0 Å². The third-order valence-electron chi connectivity index (χ3n) is 4.50. The molecule has 26 heavy (non-hydrogen) atoms. The number of pyridine rings is 2. The van der Waals surface area contributed by atoms with Crippen molar-refractivity contribution in [1.82, 2.24) is 14.6 Å². The van der Waals surface area contributed by atoms with Crippen LogP contribution in [0.15, 0.2) is 60.8 Å². The minimum absolute atomic E-state index is 0.567. The molecule has 5 nitrogen and oxygen atoms in total. The first-order chi connectivity index (χ1) is 12.8. The molecule has 0 N–H and O–H groups in total. The first-order valence-corrected chi connectivity index (χ1v) is 8.61. The molecule has 0 bridgehead atoms. The number of benzene rings is 1. The Bertz CT molecular complexity index is 1120. The van der Waals surface area contributed by atoms with Crippen molar-refractivity contribution in [3.05, 3.63) is 66.5 Å². The maximum absolute atomic E-state index is 5.77. The lowest BCUT2D eigenvalue weighted by Crippen LogP contribution is -2.15. The van der Waals surface area contributed by atoms with Crippen molar-refractivity contribution >= 4 is 5.52 Å². The highest BCUT2D eigenvalue weighted by molar-refractivity contribution is 5.92. The summed E-state index contributed by atoms with van der Waals surface area (Å²) in [6.07, 6.45) is 1.95. The van der Waals surface area contributed by atoms with E-state index >= 15 is 0 Å². The molecule has 0 fully saturated rings. The minimum Gasteiger partial charge on any atom is -0.486 e. The summed E-state index contributed by atoms with van der Waals surface area (Å²) >= 11 is 0. The van der Waals surface area contributed by atoms with E-state index in [0.717, 1.165) is 45.2 Å². The second-order valence-corrected chi connectivity index (χ2v) is 6.28. The van der Waals surface area contributed by atoms with Gasteiger partial charge in [0.15, 0.2) is 11.5 Å². The summed E-state index contributed by atoms with van der Waals surface area (Å²) in [6.45, 7) is 3.14. The Kier molecular flexibility index (Phi) is 3.38. The molecule has 4 aromatic rings. The summed E-state index contributed by atoms with van der Waals surface area (Å²) in [6, 6.07) is 18.1. The summed E-state index contributed by atoms with van der Waals surface area (Å²) in [4.78, 5) is 4.68. The number of aromatic nitrogens is 3. The molecular formula is C21H17N3O2. The Morgan fingerprint density at radius 1 is 0.923 bits per heavy atom. The predicted molar refractivity (Wildman–Crippen MR) is 99.6 cm³/mol. The second kappa shape index (κ2) is 5.88. The Morgan fingerprint density at radius 2 is 1.81 bits per heavy atom. The monoisotopic (exact) mass is 343 g/mol. The normalized spacial score (nSPS) is 13.1. The topological polar surface area (TPSA) is 48.7 Å². The van der Waals surface area contributed by atoms with Crippen LogP contribution in [0.25, 0.3) is 28.0 Å². The fourth-order valence-electron chi connectivity index (χ4n) is 3.34. The average molecular weight is 343 g/mol. The number of rotatable bonds is 2. The molecule has 0 aliphatic carbocycles. The van der Waals surface area contributed by atoms with Crippen LogP contribution < -0.4 is 9.47 Å². The maximum atomic E-state index is 5.77. The summed E-state index contributed by atoms with van der Waals surface area (Å²) in [5.41, 5.74) is 5.79. The van der Waals surface area contributed by atoms with Crippen molar-refractivity contribution in [3.8, 4) is 34.0 Å². The van der Waals surface area contributed by atoms with E-state index < -0.39 is 0 Å². The van der Waals surface area contributed by atoms with Gasteiger partial charge in [-0.25, -0.2) is 4.52 Å². The zero-order valence-electron chi connectivity index (χ0n) is 14.3. The van der Waals surface area contributed by atoms with Crippen molar-refractivity contribution in [3.63, 3.8) is 0 Å². The fourth-order valence-corrected chi connectivity index (χ4v) is 3.34. The second-order valence-electron chi connectivity index (χ2n) is 6.28. The van der Waals surface area contributed by atoms with Gasteiger partial charge in [0.05, 0.1) is 11.2 Å². The molecule has 0 saturated carbocycles. The predicted octanol–water partition coefficient (Wildman–Crippen LogP) is 4.14. The molecule has 4 heterocycles. The van der Waals surface area contributed by atoms with Crippen LogP contribution in [0.1, 0.15) is 5.69 Å². The van der Waals surface area contributed by atoms with Gasteiger partial charge in [-0.15, -0.1) is 0 Å². The molecule has 5 heteroatoms. The highest BCUT2D eigenvalue weighted by Crippen LogP contribution is 2.39. The standard InChI is InChI=1S/C21H17N3O2/c1-14-5-4-6-16(22-14)21-20(17-7-2-3-10-24(17)23-21)15-8-9-18-19(13-15)26-12-11-25-18/h2-10,13H,11-12H2,1H3. The maximum Gasteiger partial charge on any atom is 0.161 e. The van der Waals surface area contributed by atoms with Crippen LogP contribution in [0.2, 0.25) is 0 Å². The van der Waals surface area contributed by atoms with E-state index in [1.54, 1.807) is 0 Å². The Labute approximate surface area is 150 Å². The van der Waals surface area contributed by atoms with Crippen LogP contribution >= 0.6 is 0 Å². The van der Waals surface area contributed by atoms with E-state index in [4.69, 9.17) is 14.6 Å². The zero-order valence-corrected chi connectivity index (χ0v) is 14.3. The third-order valence-corrected chi connectivity index (χ3v) is 4.50. The van der Waals surface area contributed by atoms with Crippen molar-refractivity contribution in [1.29, 1.82) is 0 Å². The molecule has 1 aliphatic heterocycles. The molecule has 0 amide bonds. The Hall–Kier alpha value is -3.34. The van der Waals surface area contributed by atoms with Crippen molar-refractivity contribution in [2.45, 2.75) is 6.92 Å². The number of hydrogen-bond donors (Lipinski definition) is 0. The molecule has 0 atom stereocenters.